The molecule has 2 aromatic rings. The molecule has 4 rings (SSSR count). The highest BCUT2D eigenvalue weighted by molar-refractivity contribution is 5.92. The SMILES string of the molecule is COc1cc(/C=C/C(=O)N2CCN(c3ccc(C(F)(F)F)cn3)CC2)cc2c1OCCO2. The lowest BCUT2D eigenvalue weighted by Gasteiger charge is -2.35. The first-order valence-corrected chi connectivity index (χ1v) is 10.1. The zero-order chi connectivity index (χ0) is 22.7. The Morgan fingerprint density at radius 1 is 1.12 bits per heavy atom. The van der Waals surface area contributed by atoms with Crippen LogP contribution in [0.15, 0.2) is 36.5 Å². The van der Waals surface area contributed by atoms with Gasteiger partial charge in [0.15, 0.2) is 11.5 Å². The van der Waals surface area contributed by atoms with E-state index in [-0.39, 0.29) is 5.91 Å². The number of amides is 1. The minimum atomic E-state index is -4.41. The number of hydrogen-bond donors (Lipinski definition) is 0. The second-order valence-corrected chi connectivity index (χ2v) is 7.30. The highest BCUT2D eigenvalue weighted by atomic mass is 19.4. The van der Waals surface area contributed by atoms with Crippen LogP contribution in [-0.2, 0) is 11.0 Å². The van der Waals surface area contributed by atoms with Gasteiger partial charge in [-0.2, -0.15) is 13.2 Å². The standard InChI is InChI=1S/C22H22F3N3O4/c1-30-17-12-15(13-18-21(17)32-11-10-31-18)2-5-20(29)28-8-6-27(7-9-28)19-4-3-16(14-26-19)22(23,24)25/h2-5,12-14H,6-11H2,1H3/b5-2+. The third kappa shape index (κ3) is 4.74. The van der Waals surface area contributed by atoms with Crippen molar-refractivity contribution in [2.24, 2.45) is 0 Å². The van der Waals surface area contributed by atoms with Gasteiger partial charge in [-0.1, -0.05) is 0 Å². The van der Waals surface area contributed by atoms with Crippen LogP contribution in [-0.4, -0.2) is 62.3 Å². The molecule has 1 saturated heterocycles. The summed E-state index contributed by atoms with van der Waals surface area (Å²) in [7, 11) is 1.54. The summed E-state index contributed by atoms with van der Waals surface area (Å²) < 4.78 is 54.6. The average Bonchev–Trinajstić information content (AvgIpc) is 2.81. The summed E-state index contributed by atoms with van der Waals surface area (Å²) in [4.78, 5) is 20.1. The van der Waals surface area contributed by atoms with Gasteiger partial charge < -0.3 is 24.0 Å². The Morgan fingerprint density at radius 3 is 2.53 bits per heavy atom. The summed E-state index contributed by atoms with van der Waals surface area (Å²) in [6.45, 7) is 2.74. The number of carbonyl (C=O) groups excluding carboxylic acids is 1. The molecule has 0 saturated carbocycles. The molecule has 0 N–H and O–H groups in total. The van der Waals surface area contributed by atoms with E-state index in [1.807, 2.05) is 4.90 Å². The molecule has 2 aliphatic heterocycles. The molecule has 170 valence electrons. The Labute approximate surface area is 183 Å². The van der Waals surface area contributed by atoms with E-state index in [2.05, 4.69) is 4.98 Å². The van der Waals surface area contributed by atoms with Gasteiger partial charge in [-0.05, 0) is 35.9 Å². The van der Waals surface area contributed by atoms with Crippen molar-refractivity contribution in [1.29, 1.82) is 0 Å². The largest absolute Gasteiger partial charge is 0.493 e. The fourth-order valence-electron chi connectivity index (χ4n) is 3.56. The topological polar surface area (TPSA) is 64.1 Å². The van der Waals surface area contributed by atoms with Crippen molar-refractivity contribution in [1.82, 2.24) is 9.88 Å². The van der Waals surface area contributed by atoms with E-state index in [0.717, 1.165) is 17.8 Å². The second-order valence-electron chi connectivity index (χ2n) is 7.30. The first kappa shape index (κ1) is 21.8. The maximum Gasteiger partial charge on any atom is 0.417 e. The molecule has 1 aromatic carbocycles. The summed E-state index contributed by atoms with van der Waals surface area (Å²) in [6, 6.07) is 5.93. The molecule has 10 heteroatoms. The molecule has 0 atom stereocenters. The normalized spacial score (nSPS) is 16.4. The minimum Gasteiger partial charge on any atom is -0.493 e. The van der Waals surface area contributed by atoms with Crippen LogP contribution in [0.1, 0.15) is 11.1 Å². The molecule has 0 unspecified atom stereocenters. The number of piperazine rings is 1. The number of rotatable bonds is 4. The van der Waals surface area contributed by atoms with E-state index in [1.165, 1.54) is 19.3 Å². The zero-order valence-electron chi connectivity index (χ0n) is 17.4. The third-order valence-electron chi connectivity index (χ3n) is 5.26. The number of carbonyl (C=O) groups is 1. The molecular weight excluding hydrogens is 427 g/mol. The van der Waals surface area contributed by atoms with Crippen LogP contribution >= 0.6 is 0 Å². The van der Waals surface area contributed by atoms with Crippen LogP contribution in [0.25, 0.3) is 6.08 Å². The van der Waals surface area contributed by atoms with Gasteiger partial charge >= 0.3 is 6.18 Å². The summed E-state index contributed by atoms with van der Waals surface area (Å²) in [5.41, 5.74) is -0.0389. The monoisotopic (exact) mass is 449 g/mol. The Balaban J connectivity index is 1.36. The molecule has 0 bridgehead atoms. The number of methoxy groups -OCH3 is 1. The fourth-order valence-corrected chi connectivity index (χ4v) is 3.56. The van der Waals surface area contributed by atoms with Crippen LogP contribution in [0, 0.1) is 0 Å². The smallest absolute Gasteiger partial charge is 0.417 e. The molecule has 3 heterocycles. The molecular formula is C22H22F3N3O4. The number of nitrogens with zero attached hydrogens (tertiary/aromatic N) is 3. The summed E-state index contributed by atoms with van der Waals surface area (Å²) in [6.07, 6.45) is -0.412. The van der Waals surface area contributed by atoms with E-state index in [4.69, 9.17) is 14.2 Å². The van der Waals surface area contributed by atoms with Crippen molar-refractivity contribution in [2.75, 3.05) is 51.4 Å². The van der Waals surface area contributed by atoms with E-state index >= 15 is 0 Å². The van der Waals surface area contributed by atoms with Gasteiger partial charge in [0, 0.05) is 38.5 Å². The maximum absolute atomic E-state index is 12.7. The van der Waals surface area contributed by atoms with Gasteiger partial charge in [-0.15, -0.1) is 0 Å². The predicted molar refractivity (Wildman–Crippen MR) is 111 cm³/mol. The lowest BCUT2D eigenvalue weighted by molar-refractivity contribution is -0.137. The Kier molecular flexibility index (Phi) is 6.11. The van der Waals surface area contributed by atoms with E-state index < -0.39 is 11.7 Å². The van der Waals surface area contributed by atoms with E-state index in [9.17, 15) is 18.0 Å². The Morgan fingerprint density at radius 2 is 1.88 bits per heavy atom. The van der Waals surface area contributed by atoms with Gasteiger partial charge in [0.25, 0.3) is 0 Å². The molecule has 1 amide bonds. The number of fused-ring (bicyclic) bond motifs is 1. The summed E-state index contributed by atoms with van der Waals surface area (Å²) >= 11 is 0. The highest BCUT2D eigenvalue weighted by Crippen LogP contribution is 2.40. The number of ether oxygens (including phenoxy) is 3. The number of anilines is 1. The highest BCUT2D eigenvalue weighted by Gasteiger charge is 2.31. The first-order chi connectivity index (χ1) is 15.3. The number of benzene rings is 1. The molecule has 7 nitrogen and oxygen atoms in total. The lowest BCUT2D eigenvalue weighted by atomic mass is 10.1. The van der Waals surface area contributed by atoms with Crippen molar-refractivity contribution < 1.29 is 32.2 Å². The van der Waals surface area contributed by atoms with E-state index in [0.29, 0.717) is 62.5 Å². The minimum absolute atomic E-state index is 0.154. The van der Waals surface area contributed by atoms with Gasteiger partial charge in [0.1, 0.15) is 19.0 Å². The summed E-state index contributed by atoms with van der Waals surface area (Å²) in [5.74, 6) is 1.96. The molecule has 1 aromatic heterocycles. The van der Waals surface area contributed by atoms with Gasteiger partial charge in [0.05, 0.1) is 12.7 Å². The van der Waals surface area contributed by atoms with Crippen LogP contribution in [0.4, 0.5) is 19.0 Å². The fraction of sp³-hybridized carbons (Fsp3) is 0.364. The average molecular weight is 449 g/mol. The van der Waals surface area contributed by atoms with Crippen LogP contribution in [0.5, 0.6) is 17.2 Å². The van der Waals surface area contributed by atoms with Gasteiger partial charge in [0.2, 0.25) is 11.7 Å². The quantitative estimate of drug-likeness (QED) is 0.668. The number of aromatic nitrogens is 1. The van der Waals surface area contributed by atoms with Crippen molar-refractivity contribution in [3.63, 3.8) is 0 Å². The molecule has 0 spiro atoms. The number of pyridine rings is 1. The van der Waals surface area contributed by atoms with Crippen molar-refractivity contribution in [3.05, 3.63) is 47.7 Å². The van der Waals surface area contributed by atoms with Crippen LogP contribution in [0.3, 0.4) is 0 Å². The van der Waals surface area contributed by atoms with Crippen molar-refractivity contribution >= 4 is 17.8 Å². The van der Waals surface area contributed by atoms with Gasteiger partial charge in [-0.3, -0.25) is 4.79 Å². The number of alkyl halides is 3. The maximum atomic E-state index is 12.7. The molecule has 32 heavy (non-hydrogen) atoms. The summed E-state index contributed by atoms with van der Waals surface area (Å²) in [5, 5.41) is 0. The van der Waals surface area contributed by atoms with Crippen LogP contribution < -0.4 is 19.1 Å². The Hall–Kier alpha value is -3.43. The molecule has 1 fully saturated rings. The zero-order valence-corrected chi connectivity index (χ0v) is 17.4. The van der Waals surface area contributed by atoms with E-state index in [1.54, 1.807) is 23.1 Å². The lowest BCUT2D eigenvalue weighted by Crippen LogP contribution is -2.48. The van der Waals surface area contributed by atoms with Crippen molar-refractivity contribution in [2.45, 2.75) is 6.18 Å². The molecule has 2 aliphatic rings. The first-order valence-electron chi connectivity index (χ1n) is 10.1. The molecule has 0 radical (unpaired) electrons. The number of halogens is 3. The Bertz CT molecular complexity index is 983. The van der Waals surface area contributed by atoms with Gasteiger partial charge in [-0.25, -0.2) is 4.98 Å². The molecule has 0 aliphatic carbocycles. The predicted octanol–water partition coefficient (Wildman–Crippen LogP) is 3.24. The number of hydrogen-bond acceptors (Lipinski definition) is 6. The van der Waals surface area contributed by atoms with Crippen molar-refractivity contribution in [3.8, 4) is 17.2 Å². The third-order valence-corrected chi connectivity index (χ3v) is 5.26. The second kappa shape index (κ2) is 8.97. The van der Waals surface area contributed by atoms with Crippen LogP contribution in [0.2, 0.25) is 0 Å².